The fourth-order valence-corrected chi connectivity index (χ4v) is 4.26. The van der Waals surface area contributed by atoms with Crippen LogP contribution in [-0.2, 0) is 17.8 Å². The molecule has 3 aromatic rings. The molecule has 0 spiro atoms. The Kier molecular flexibility index (Phi) is 8.23. The molecular weight excluding hydrogens is 486 g/mol. The molecule has 11 heteroatoms. The minimum Gasteiger partial charge on any atom is -0.497 e. The summed E-state index contributed by atoms with van der Waals surface area (Å²) in [6.45, 7) is 9.66. The minimum atomic E-state index is -0.503. The monoisotopic (exact) mass is 521 g/mol. The van der Waals surface area contributed by atoms with Gasteiger partial charge >= 0.3 is 6.09 Å². The largest absolute Gasteiger partial charge is 0.497 e. The van der Waals surface area contributed by atoms with Crippen LogP contribution in [0, 0.1) is 12.8 Å². The van der Waals surface area contributed by atoms with Crippen molar-refractivity contribution in [1.82, 2.24) is 35.4 Å². The van der Waals surface area contributed by atoms with Crippen molar-refractivity contribution in [1.29, 1.82) is 0 Å². The van der Waals surface area contributed by atoms with E-state index in [4.69, 9.17) is 9.47 Å². The summed E-state index contributed by atoms with van der Waals surface area (Å²) >= 11 is 0. The van der Waals surface area contributed by atoms with Crippen molar-refractivity contribution in [3.63, 3.8) is 0 Å². The Hall–Kier alpha value is -4.02. The zero-order valence-corrected chi connectivity index (χ0v) is 22.6. The number of pyridine rings is 1. The highest BCUT2D eigenvalue weighted by Crippen LogP contribution is 2.22. The average Bonchev–Trinajstić information content (AvgIpc) is 3.35. The molecule has 0 radical (unpaired) electrons. The second-order valence-corrected chi connectivity index (χ2v) is 10.5. The lowest BCUT2D eigenvalue weighted by Gasteiger charge is -2.33. The number of hydrogen-bond donors (Lipinski definition) is 1. The molecule has 2 aromatic heterocycles. The van der Waals surface area contributed by atoms with Gasteiger partial charge in [0.1, 0.15) is 17.0 Å². The molecule has 1 aliphatic rings. The summed E-state index contributed by atoms with van der Waals surface area (Å²) in [5.41, 5.74) is 2.06. The number of nitrogens with zero attached hydrogens (tertiary/aromatic N) is 6. The third-order valence-corrected chi connectivity index (χ3v) is 6.17. The van der Waals surface area contributed by atoms with E-state index in [9.17, 15) is 9.59 Å². The van der Waals surface area contributed by atoms with E-state index in [1.807, 2.05) is 58.0 Å². The molecule has 1 aromatic carbocycles. The summed E-state index contributed by atoms with van der Waals surface area (Å²) in [6, 6.07) is 11.0. The van der Waals surface area contributed by atoms with Crippen molar-refractivity contribution in [2.45, 2.75) is 59.2 Å². The van der Waals surface area contributed by atoms with Crippen LogP contribution in [0.4, 0.5) is 4.79 Å². The first kappa shape index (κ1) is 27.0. The van der Waals surface area contributed by atoms with Gasteiger partial charge in [0.15, 0.2) is 0 Å². The van der Waals surface area contributed by atoms with Crippen molar-refractivity contribution in [2.75, 3.05) is 20.2 Å². The Morgan fingerprint density at radius 1 is 1.13 bits per heavy atom. The lowest BCUT2D eigenvalue weighted by molar-refractivity contribution is 0.0175. The maximum Gasteiger partial charge on any atom is 0.410 e. The molecule has 0 saturated carbocycles. The lowest BCUT2D eigenvalue weighted by atomic mass is 9.97. The van der Waals surface area contributed by atoms with E-state index in [-0.39, 0.29) is 17.7 Å². The summed E-state index contributed by atoms with van der Waals surface area (Å²) in [6.07, 6.45) is 1.40. The molecule has 0 bridgehead atoms. The number of nitrogens with one attached hydrogen (secondary N) is 1. The number of piperidine rings is 1. The predicted molar refractivity (Wildman–Crippen MR) is 140 cm³/mol. The number of carbonyl (C=O) groups excluding carboxylic acids is 2. The highest BCUT2D eigenvalue weighted by Gasteiger charge is 2.27. The standard InChI is InChI=1S/C27H35N7O4/c1-18-13-21(15-23(29-18)25(35)28-16-20-7-6-8-22(14-20)37-5)24-30-32-34(31-24)17-19-9-11-33(12-10-19)26(36)38-27(2,3)4/h6-8,13-15,19H,9-12,16-17H2,1-5H3,(H,28,35). The van der Waals surface area contributed by atoms with Gasteiger partial charge in [-0.15, -0.1) is 10.2 Å². The number of amides is 2. The molecule has 0 unspecified atom stereocenters. The number of aryl methyl sites for hydroxylation is 1. The first-order valence-corrected chi connectivity index (χ1v) is 12.8. The number of carbonyl (C=O) groups is 2. The van der Waals surface area contributed by atoms with E-state index in [0.29, 0.717) is 49.2 Å². The fourth-order valence-electron chi connectivity index (χ4n) is 4.26. The molecule has 1 fully saturated rings. The fraction of sp³-hybridized carbons (Fsp3) is 0.481. The highest BCUT2D eigenvalue weighted by molar-refractivity contribution is 5.93. The molecule has 1 saturated heterocycles. The molecule has 1 aliphatic heterocycles. The number of tetrazole rings is 1. The van der Waals surface area contributed by atoms with Gasteiger partial charge in [-0.05, 0) is 81.5 Å². The second-order valence-electron chi connectivity index (χ2n) is 10.5. The zero-order chi connectivity index (χ0) is 27.3. The van der Waals surface area contributed by atoms with E-state index >= 15 is 0 Å². The third-order valence-electron chi connectivity index (χ3n) is 6.17. The molecule has 2 amide bonds. The van der Waals surface area contributed by atoms with Gasteiger partial charge in [-0.3, -0.25) is 4.79 Å². The summed E-state index contributed by atoms with van der Waals surface area (Å²) in [7, 11) is 1.61. The Balaban J connectivity index is 1.35. The zero-order valence-electron chi connectivity index (χ0n) is 22.6. The number of ether oxygens (including phenoxy) is 2. The van der Waals surface area contributed by atoms with Gasteiger partial charge in [0, 0.05) is 30.9 Å². The molecule has 202 valence electrons. The van der Waals surface area contributed by atoms with Crippen molar-refractivity contribution >= 4 is 12.0 Å². The van der Waals surface area contributed by atoms with E-state index < -0.39 is 5.60 Å². The molecule has 0 aliphatic carbocycles. The Bertz CT molecular complexity index is 1280. The number of rotatable bonds is 7. The number of likely N-dealkylation sites (tertiary alicyclic amines) is 1. The highest BCUT2D eigenvalue weighted by atomic mass is 16.6. The summed E-state index contributed by atoms with van der Waals surface area (Å²) in [5, 5.41) is 15.9. The van der Waals surface area contributed by atoms with E-state index in [1.165, 1.54) is 0 Å². The van der Waals surface area contributed by atoms with Gasteiger partial charge in [0.25, 0.3) is 5.91 Å². The van der Waals surface area contributed by atoms with E-state index in [2.05, 4.69) is 25.7 Å². The SMILES string of the molecule is COc1cccc(CNC(=O)c2cc(-c3nnn(CC4CCN(C(=O)OC(C)(C)C)CC4)n3)cc(C)n2)c1. The van der Waals surface area contributed by atoms with Gasteiger partial charge < -0.3 is 19.7 Å². The minimum absolute atomic E-state index is 0.270. The van der Waals surface area contributed by atoms with E-state index in [0.717, 1.165) is 24.2 Å². The number of methoxy groups -OCH3 is 1. The van der Waals surface area contributed by atoms with Crippen LogP contribution in [0.15, 0.2) is 36.4 Å². The van der Waals surface area contributed by atoms with Crippen molar-refractivity contribution in [3.05, 3.63) is 53.3 Å². The summed E-state index contributed by atoms with van der Waals surface area (Å²) in [4.78, 5) is 32.9. The second kappa shape index (κ2) is 11.6. The first-order valence-electron chi connectivity index (χ1n) is 12.8. The maximum absolute atomic E-state index is 12.8. The molecular formula is C27H35N7O4. The van der Waals surface area contributed by atoms with Gasteiger partial charge in [-0.1, -0.05) is 12.1 Å². The lowest BCUT2D eigenvalue weighted by Crippen LogP contribution is -2.42. The maximum atomic E-state index is 12.8. The molecule has 0 atom stereocenters. The van der Waals surface area contributed by atoms with Crippen LogP contribution in [0.5, 0.6) is 5.75 Å². The van der Waals surface area contributed by atoms with Crippen LogP contribution in [0.1, 0.15) is 55.4 Å². The molecule has 4 rings (SSSR count). The predicted octanol–water partition coefficient (Wildman–Crippen LogP) is 3.63. The van der Waals surface area contributed by atoms with Gasteiger partial charge in [0.2, 0.25) is 5.82 Å². The Labute approximate surface area is 222 Å². The normalized spacial score (nSPS) is 14.3. The van der Waals surface area contributed by atoms with Crippen LogP contribution in [0.2, 0.25) is 0 Å². The van der Waals surface area contributed by atoms with Crippen LogP contribution in [0.3, 0.4) is 0 Å². The quantitative estimate of drug-likeness (QED) is 0.500. The van der Waals surface area contributed by atoms with Gasteiger partial charge in [-0.2, -0.15) is 4.80 Å². The summed E-state index contributed by atoms with van der Waals surface area (Å²) < 4.78 is 10.7. The molecule has 11 nitrogen and oxygen atoms in total. The van der Waals surface area contributed by atoms with Crippen LogP contribution >= 0.6 is 0 Å². The molecule has 3 heterocycles. The molecule has 1 N–H and O–H groups in total. The van der Waals surface area contributed by atoms with E-state index in [1.54, 1.807) is 22.9 Å². The van der Waals surface area contributed by atoms with Crippen LogP contribution < -0.4 is 10.1 Å². The number of benzene rings is 1. The van der Waals surface area contributed by atoms with Gasteiger partial charge in [-0.25, -0.2) is 9.78 Å². The van der Waals surface area contributed by atoms with Gasteiger partial charge in [0.05, 0.1) is 13.7 Å². The van der Waals surface area contributed by atoms with Crippen molar-refractivity contribution in [2.24, 2.45) is 5.92 Å². The average molecular weight is 522 g/mol. The molecule has 38 heavy (non-hydrogen) atoms. The summed E-state index contributed by atoms with van der Waals surface area (Å²) in [5.74, 6) is 1.20. The van der Waals surface area contributed by atoms with Crippen LogP contribution in [0.25, 0.3) is 11.4 Å². The number of hydrogen-bond acceptors (Lipinski definition) is 8. The smallest absolute Gasteiger partial charge is 0.410 e. The van der Waals surface area contributed by atoms with Crippen molar-refractivity contribution in [3.8, 4) is 17.1 Å². The number of aromatic nitrogens is 5. The topological polar surface area (TPSA) is 124 Å². The third kappa shape index (κ3) is 7.27. The Morgan fingerprint density at radius 2 is 1.89 bits per heavy atom. The van der Waals surface area contributed by atoms with Crippen LogP contribution in [-0.4, -0.2) is 67.9 Å². The Morgan fingerprint density at radius 3 is 2.61 bits per heavy atom. The van der Waals surface area contributed by atoms with Crippen molar-refractivity contribution < 1.29 is 19.1 Å². The first-order chi connectivity index (χ1) is 18.1.